The van der Waals surface area contributed by atoms with Crippen molar-refractivity contribution < 1.29 is 23.4 Å². The van der Waals surface area contributed by atoms with Crippen LogP contribution in [-0.2, 0) is 9.84 Å². The molecular weight excluding hydrogens is 434 g/mol. The first-order chi connectivity index (χ1) is 14.1. The maximum atomic E-state index is 12.7. The van der Waals surface area contributed by atoms with Crippen LogP contribution in [0.15, 0.2) is 28.0 Å². The van der Waals surface area contributed by atoms with Crippen LogP contribution in [0.2, 0.25) is 5.02 Å². The van der Waals surface area contributed by atoms with Crippen LogP contribution in [0.4, 0.5) is 5.69 Å². The lowest BCUT2D eigenvalue weighted by molar-refractivity contribution is 0.0697. The molecule has 1 aromatic heterocycles. The molecule has 1 unspecified atom stereocenters. The molecule has 0 saturated carbocycles. The molecule has 9 nitrogen and oxygen atoms in total. The fourth-order valence-corrected chi connectivity index (χ4v) is 5.16. The minimum absolute atomic E-state index is 0.0345. The highest BCUT2D eigenvalue weighted by molar-refractivity contribution is 7.91. The van der Waals surface area contributed by atoms with Crippen molar-refractivity contribution in [3.63, 3.8) is 0 Å². The van der Waals surface area contributed by atoms with Gasteiger partial charge in [0, 0.05) is 6.21 Å². The summed E-state index contributed by atoms with van der Waals surface area (Å²) in [6, 6.07) is 4.88. The predicted molar refractivity (Wildman–Crippen MR) is 110 cm³/mol. The van der Waals surface area contributed by atoms with Crippen molar-refractivity contribution in [2.45, 2.75) is 19.4 Å². The Morgan fingerprint density at radius 2 is 2.13 bits per heavy atom. The monoisotopic (exact) mass is 449 g/mol. The van der Waals surface area contributed by atoms with Gasteiger partial charge in [0.05, 0.1) is 39.4 Å². The highest BCUT2D eigenvalue weighted by Gasteiger charge is 2.33. The molecule has 3 rings (SSSR count). The molecular formula is C19H16ClN3O6S. The summed E-state index contributed by atoms with van der Waals surface area (Å²) < 4.78 is 24.6. The van der Waals surface area contributed by atoms with Gasteiger partial charge in [-0.05, 0) is 37.1 Å². The van der Waals surface area contributed by atoms with E-state index in [1.54, 1.807) is 6.07 Å². The summed E-state index contributed by atoms with van der Waals surface area (Å²) in [5.74, 6) is -2.14. The SMILES string of the molecule is Cc1c(C=Nc2cc(C(=O)O)ccc2Cl)c(O)n(C2CCS(=O)(=O)C2)c(=O)c1C#N. The molecule has 156 valence electrons. The Hall–Kier alpha value is -3.16. The number of aromatic nitrogens is 1. The lowest BCUT2D eigenvalue weighted by Crippen LogP contribution is -2.29. The van der Waals surface area contributed by atoms with E-state index in [9.17, 15) is 28.4 Å². The maximum absolute atomic E-state index is 12.7. The number of nitrogens with zero attached hydrogens (tertiary/aromatic N) is 3. The highest BCUT2D eigenvalue weighted by Crippen LogP contribution is 2.31. The summed E-state index contributed by atoms with van der Waals surface area (Å²) in [4.78, 5) is 28.0. The maximum Gasteiger partial charge on any atom is 0.335 e. The highest BCUT2D eigenvalue weighted by atomic mass is 35.5. The topological polar surface area (TPSA) is 150 Å². The number of halogens is 1. The lowest BCUT2D eigenvalue weighted by atomic mass is 10.0. The molecule has 2 aromatic rings. The minimum Gasteiger partial charge on any atom is -0.494 e. The molecule has 0 bridgehead atoms. The summed E-state index contributed by atoms with van der Waals surface area (Å²) in [7, 11) is -3.35. The van der Waals surface area contributed by atoms with Gasteiger partial charge in [-0.2, -0.15) is 5.26 Å². The van der Waals surface area contributed by atoms with Crippen LogP contribution in [0.25, 0.3) is 0 Å². The number of rotatable bonds is 4. The fraction of sp³-hybridized carbons (Fsp3) is 0.263. The van der Waals surface area contributed by atoms with Crippen molar-refractivity contribution >= 4 is 39.3 Å². The average molecular weight is 450 g/mol. The standard InChI is InChI=1S/C19H16ClN3O6S/c1-10-13(7-21)17(24)23(12-4-5-30(28,29)9-12)18(25)14(10)8-22-16-6-11(19(26)27)2-3-15(16)20/h2-3,6,8,12,25H,4-5,9H2,1H3,(H,26,27). The molecule has 1 aliphatic heterocycles. The second-order valence-electron chi connectivity index (χ2n) is 6.81. The number of hydrogen-bond donors (Lipinski definition) is 2. The van der Waals surface area contributed by atoms with Gasteiger partial charge in [0.2, 0.25) is 5.88 Å². The molecule has 11 heteroatoms. The van der Waals surface area contributed by atoms with Gasteiger partial charge >= 0.3 is 5.97 Å². The molecule has 0 amide bonds. The van der Waals surface area contributed by atoms with Gasteiger partial charge in [0.15, 0.2) is 9.84 Å². The van der Waals surface area contributed by atoms with Gasteiger partial charge in [-0.1, -0.05) is 11.6 Å². The number of pyridine rings is 1. The first-order valence-corrected chi connectivity index (χ1v) is 10.9. The third kappa shape index (κ3) is 3.94. The van der Waals surface area contributed by atoms with Crippen molar-refractivity contribution in [2.24, 2.45) is 4.99 Å². The van der Waals surface area contributed by atoms with E-state index < -0.39 is 33.3 Å². The van der Waals surface area contributed by atoms with Crippen LogP contribution < -0.4 is 5.56 Å². The number of carbonyl (C=O) groups is 1. The fourth-order valence-electron chi connectivity index (χ4n) is 3.29. The summed E-state index contributed by atoms with van der Waals surface area (Å²) in [6.45, 7) is 1.45. The van der Waals surface area contributed by atoms with Crippen molar-refractivity contribution in [3.8, 4) is 11.9 Å². The zero-order valence-corrected chi connectivity index (χ0v) is 17.2. The van der Waals surface area contributed by atoms with Crippen molar-refractivity contribution in [2.75, 3.05) is 11.5 Å². The number of carboxylic acid groups (broad SMARTS) is 1. The van der Waals surface area contributed by atoms with E-state index in [2.05, 4.69) is 4.99 Å². The number of sulfone groups is 1. The molecule has 1 fully saturated rings. The molecule has 0 aliphatic carbocycles. The quantitative estimate of drug-likeness (QED) is 0.679. The normalized spacial score (nSPS) is 17.8. The third-order valence-corrected chi connectivity index (χ3v) is 6.96. The number of benzene rings is 1. The number of carboxylic acids is 1. The van der Waals surface area contributed by atoms with E-state index in [0.29, 0.717) is 0 Å². The first kappa shape index (κ1) is 21.5. The van der Waals surface area contributed by atoms with E-state index in [-0.39, 0.29) is 50.9 Å². The summed E-state index contributed by atoms with van der Waals surface area (Å²) >= 11 is 6.05. The van der Waals surface area contributed by atoms with Gasteiger partial charge in [0.1, 0.15) is 11.6 Å². The van der Waals surface area contributed by atoms with Gasteiger partial charge < -0.3 is 10.2 Å². The van der Waals surface area contributed by atoms with Crippen LogP contribution in [0.1, 0.15) is 39.5 Å². The Kier molecular flexibility index (Phi) is 5.70. The van der Waals surface area contributed by atoms with Crippen molar-refractivity contribution in [1.29, 1.82) is 5.26 Å². The summed E-state index contributed by atoms with van der Waals surface area (Å²) in [6.07, 6.45) is 1.30. The Labute approximate surface area is 176 Å². The van der Waals surface area contributed by atoms with Crippen LogP contribution in [0, 0.1) is 18.3 Å². The largest absolute Gasteiger partial charge is 0.494 e. The third-order valence-electron chi connectivity index (χ3n) is 4.89. The Morgan fingerprint density at radius 3 is 2.70 bits per heavy atom. The summed E-state index contributed by atoms with van der Waals surface area (Å²) in [5.41, 5.74) is -0.776. The minimum atomic E-state index is -3.35. The number of aliphatic imine (C=N–C) groups is 1. The molecule has 1 saturated heterocycles. The Bertz CT molecular complexity index is 1290. The Balaban J connectivity index is 2.17. The molecule has 2 N–H and O–H groups in total. The second kappa shape index (κ2) is 7.93. The Morgan fingerprint density at radius 1 is 1.43 bits per heavy atom. The zero-order valence-electron chi connectivity index (χ0n) is 15.7. The lowest BCUT2D eigenvalue weighted by Gasteiger charge is -2.18. The van der Waals surface area contributed by atoms with E-state index >= 15 is 0 Å². The van der Waals surface area contributed by atoms with E-state index in [0.717, 1.165) is 10.8 Å². The number of aromatic carboxylic acids is 1. The van der Waals surface area contributed by atoms with E-state index in [1.165, 1.54) is 25.1 Å². The van der Waals surface area contributed by atoms with E-state index in [4.69, 9.17) is 16.7 Å². The van der Waals surface area contributed by atoms with Crippen LogP contribution in [0.3, 0.4) is 0 Å². The van der Waals surface area contributed by atoms with Crippen LogP contribution in [-0.4, -0.2) is 46.9 Å². The number of aromatic hydroxyl groups is 1. The molecule has 1 aromatic carbocycles. The molecule has 0 radical (unpaired) electrons. The van der Waals surface area contributed by atoms with Crippen molar-refractivity contribution in [3.05, 3.63) is 55.8 Å². The molecule has 2 heterocycles. The molecule has 1 atom stereocenters. The molecule has 30 heavy (non-hydrogen) atoms. The van der Waals surface area contributed by atoms with E-state index in [1.807, 2.05) is 0 Å². The van der Waals surface area contributed by atoms with Gasteiger partial charge in [-0.25, -0.2) is 13.2 Å². The van der Waals surface area contributed by atoms with Crippen LogP contribution >= 0.6 is 11.6 Å². The number of nitriles is 1. The van der Waals surface area contributed by atoms with Gasteiger partial charge in [-0.3, -0.25) is 14.4 Å². The van der Waals surface area contributed by atoms with Gasteiger partial charge in [-0.15, -0.1) is 0 Å². The molecule has 0 spiro atoms. The average Bonchev–Trinajstić information content (AvgIpc) is 3.02. The number of hydrogen-bond acceptors (Lipinski definition) is 7. The van der Waals surface area contributed by atoms with Crippen LogP contribution in [0.5, 0.6) is 5.88 Å². The smallest absolute Gasteiger partial charge is 0.335 e. The molecule has 1 aliphatic rings. The van der Waals surface area contributed by atoms with Gasteiger partial charge in [0.25, 0.3) is 5.56 Å². The van der Waals surface area contributed by atoms with Crippen molar-refractivity contribution in [1.82, 2.24) is 4.57 Å². The first-order valence-electron chi connectivity index (χ1n) is 8.71. The second-order valence-corrected chi connectivity index (χ2v) is 9.45. The zero-order chi connectivity index (χ0) is 22.2. The summed E-state index contributed by atoms with van der Waals surface area (Å²) in [5, 5.41) is 29.4. The predicted octanol–water partition coefficient (Wildman–Crippen LogP) is 2.20.